The number of hydrogen-bond acceptors (Lipinski definition) is 7. The van der Waals surface area contributed by atoms with Crippen molar-refractivity contribution in [1.29, 1.82) is 0 Å². The lowest BCUT2D eigenvalue weighted by Gasteiger charge is -2.48. The van der Waals surface area contributed by atoms with Crippen LogP contribution in [0.3, 0.4) is 0 Å². The average molecular weight is 450 g/mol. The van der Waals surface area contributed by atoms with Gasteiger partial charge in [-0.05, 0) is 57.1 Å². The molecule has 0 bridgehead atoms. The minimum Gasteiger partial charge on any atom is -0.480 e. The second-order valence-corrected chi connectivity index (χ2v) is 10.3. The number of nitrogens with one attached hydrogen (secondary N) is 1. The van der Waals surface area contributed by atoms with Gasteiger partial charge in [0, 0.05) is 21.6 Å². The molecule has 1 saturated heterocycles. The summed E-state index contributed by atoms with van der Waals surface area (Å²) in [6.07, 6.45) is 0.626. The first kappa shape index (κ1) is 23.1. The molecule has 1 aliphatic rings. The van der Waals surface area contributed by atoms with E-state index in [1.165, 1.54) is 0 Å². The quantitative estimate of drug-likeness (QED) is 0.439. The predicted molar refractivity (Wildman–Crippen MR) is 111 cm³/mol. The van der Waals surface area contributed by atoms with Gasteiger partial charge >= 0.3 is 5.97 Å². The number of benzene rings is 1. The van der Waals surface area contributed by atoms with Crippen LogP contribution in [0, 0.1) is 4.91 Å². The maximum atomic E-state index is 12.9. The number of carboxylic acid groups (broad SMARTS) is 1. The Balaban J connectivity index is 2.41. The maximum Gasteiger partial charge on any atom is 0.326 e. The van der Waals surface area contributed by atoms with Crippen LogP contribution in [0.15, 0.2) is 28.8 Å². The van der Waals surface area contributed by atoms with Crippen LogP contribution in [0.25, 0.3) is 0 Å². The summed E-state index contributed by atoms with van der Waals surface area (Å²) in [5.41, 5.74) is -1.37. The first-order valence-electron chi connectivity index (χ1n) is 8.78. The van der Waals surface area contributed by atoms with Gasteiger partial charge in [-0.25, -0.2) is 8.42 Å². The summed E-state index contributed by atoms with van der Waals surface area (Å²) in [6, 6.07) is 6.29. The molecule has 1 aromatic carbocycles. The molecule has 28 heavy (non-hydrogen) atoms. The van der Waals surface area contributed by atoms with Crippen LogP contribution in [-0.4, -0.2) is 54.8 Å². The molecule has 2 rings (SSSR count). The number of hydrogen-bond donors (Lipinski definition) is 2. The third-order valence-corrected chi connectivity index (χ3v) is 8.09. The number of piperidine rings is 1. The topological polar surface area (TPSA) is 116 Å². The molecule has 0 spiro atoms. The minimum absolute atomic E-state index is 0.0194. The summed E-state index contributed by atoms with van der Waals surface area (Å²) in [5.74, 6) is -1.70. The van der Waals surface area contributed by atoms with Crippen LogP contribution in [0.4, 0.5) is 0 Å². The second kappa shape index (κ2) is 9.08. The molecule has 156 valence electrons. The molecule has 1 unspecified atom stereocenters. The van der Waals surface area contributed by atoms with Gasteiger partial charge in [0.1, 0.15) is 5.54 Å². The minimum atomic E-state index is -4.03. The summed E-state index contributed by atoms with van der Waals surface area (Å²) in [6.45, 7) is 2.68. The van der Waals surface area contributed by atoms with E-state index in [1.54, 1.807) is 31.2 Å². The van der Waals surface area contributed by atoms with E-state index in [9.17, 15) is 23.2 Å². The molecule has 0 saturated carbocycles. The Bertz CT molecular complexity index is 811. The van der Waals surface area contributed by atoms with Gasteiger partial charge in [-0.1, -0.05) is 30.7 Å². The Kier molecular flexibility index (Phi) is 7.49. The normalized spacial score (nSPS) is 19.7. The number of sulfonamides is 1. The van der Waals surface area contributed by atoms with Gasteiger partial charge in [0.15, 0.2) is 0 Å². The largest absolute Gasteiger partial charge is 0.480 e. The summed E-state index contributed by atoms with van der Waals surface area (Å²) in [5, 5.41) is 10.6. The van der Waals surface area contributed by atoms with E-state index in [-0.39, 0.29) is 6.42 Å². The van der Waals surface area contributed by atoms with Crippen LogP contribution in [-0.2, 0) is 20.6 Å². The number of halogens is 1. The molecule has 8 nitrogen and oxygen atoms in total. The lowest BCUT2D eigenvalue weighted by atomic mass is 9.75. The molecule has 0 aromatic heterocycles. The van der Waals surface area contributed by atoms with Gasteiger partial charge in [0.05, 0.1) is 10.5 Å². The molecule has 1 atom stereocenters. The SMILES string of the molecule is CCC(NS(=O)(=O)Cc1ccc(Cl)cc1)(C(=O)O)C1(SN=O)CCN(C)CC1. The molecule has 0 radical (unpaired) electrons. The first-order valence-corrected chi connectivity index (χ1v) is 11.6. The Morgan fingerprint density at radius 2 is 1.93 bits per heavy atom. The van der Waals surface area contributed by atoms with Crippen molar-refractivity contribution >= 4 is 39.5 Å². The molecule has 2 N–H and O–H groups in total. The van der Waals surface area contributed by atoms with Gasteiger partial charge in [-0.3, -0.25) is 4.79 Å². The predicted octanol–water partition coefficient (Wildman–Crippen LogP) is 2.87. The van der Waals surface area contributed by atoms with Gasteiger partial charge in [0.25, 0.3) is 0 Å². The van der Waals surface area contributed by atoms with E-state index in [4.69, 9.17) is 11.6 Å². The Morgan fingerprint density at radius 3 is 2.39 bits per heavy atom. The molecular weight excluding hydrogens is 426 g/mol. The lowest BCUT2D eigenvalue weighted by Crippen LogP contribution is -2.69. The highest BCUT2D eigenvalue weighted by atomic mass is 35.5. The second-order valence-electron chi connectivity index (χ2n) is 7.02. The highest BCUT2D eigenvalue weighted by Gasteiger charge is 2.59. The monoisotopic (exact) mass is 449 g/mol. The number of likely N-dealkylation sites (tertiary alicyclic amines) is 1. The van der Waals surface area contributed by atoms with Crippen molar-refractivity contribution in [2.24, 2.45) is 4.58 Å². The van der Waals surface area contributed by atoms with E-state index in [0.29, 0.717) is 48.5 Å². The van der Waals surface area contributed by atoms with Crippen molar-refractivity contribution in [2.45, 2.75) is 42.2 Å². The van der Waals surface area contributed by atoms with Crippen LogP contribution >= 0.6 is 23.5 Å². The summed E-state index contributed by atoms with van der Waals surface area (Å²) < 4.78 is 29.9. The highest BCUT2D eigenvalue weighted by molar-refractivity contribution is 7.99. The van der Waals surface area contributed by atoms with Crippen molar-refractivity contribution in [3.05, 3.63) is 39.8 Å². The van der Waals surface area contributed by atoms with Crippen LogP contribution in [0.2, 0.25) is 5.02 Å². The van der Waals surface area contributed by atoms with Crippen molar-refractivity contribution in [2.75, 3.05) is 20.1 Å². The number of aliphatic carboxylic acids is 1. The summed E-state index contributed by atoms with van der Waals surface area (Å²) >= 11 is 6.46. The standard InChI is InChI=1S/C17H24ClN3O5S2/c1-3-17(15(22)23,16(27-20-24)8-10-21(2)11-9-16)19-28(25,26)12-13-4-6-14(18)7-5-13/h4-7,19H,3,8-12H2,1-2H3,(H,22,23). The fraction of sp³-hybridized carbons (Fsp3) is 0.588. The number of rotatable bonds is 9. The molecule has 0 amide bonds. The molecule has 0 aliphatic carbocycles. The van der Waals surface area contributed by atoms with Gasteiger partial charge in [-0.15, -0.1) is 4.91 Å². The molecule has 1 aliphatic heterocycles. The van der Waals surface area contributed by atoms with Gasteiger partial charge < -0.3 is 10.0 Å². The Hall–Kier alpha value is -1.20. The van der Waals surface area contributed by atoms with Crippen molar-refractivity contribution in [3.63, 3.8) is 0 Å². The average Bonchev–Trinajstić information content (AvgIpc) is 2.63. The highest BCUT2D eigenvalue weighted by Crippen LogP contribution is 2.47. The third-order valence-electron chi connectivity index (χ3n) is 5.28. The first-order chi connectivity index (χ1) is 13.1. The van der Waals surface area contributed by atoms with E-state index >= 15 is 0 Å². The maximum absolute atomic E-state index is 12.9. The Morgan fingerprint density at radius 1 is 1.36 bits per heavy atom. The summed E-state index contributed by atoms with van der Waals surface area (Å²) in [7, 11) is -2.14. The summed E-state index contributed by atoms with van der Waals surface area (Å²) in [4.78, 5) is 25.5. The molecule has 1 heterocycles. The third kappa shape index (κ3) is 4.85. The smallest absolute Gasteiger partial charge is 0.326 e. The van der Waals surface area contributed by atoms with Crippen LogP contribution in [0.1, 0.15) is 31.7 Å². The van der Waals surface area contributed by atoms with E-state index < -0.39 is 32.0 Å². The molecule has 11 heteroatoms. The zero-order valence-electron chi connectivity index (χ0n) is 15.7. The number of nitroso groups, excluding NO2 is 1. The number of nitrogens with zero attached hydrogens (tertiary/aromatic N) is 2. The van der Waals surface area contributed by atoms with E-state index in [2.05, 4.69) is 9.30 Å². The Labute approximate surface area is 174 Å². The van der Waals surface area contributed by atoms with Crippen molar-refractivity contribution < 1.29 is 18.3 Å². The fourth-order valence-corrected chi connectivity index (χ4v) is 6.42. The zero-order chi connectivity index (χ0) is 21.0. The fourth-order valence-electron chi connectivity index (χ4n) is 3.63. The molecule has 1 fully saturated rings. The molecular formula is C17H24ClN3O5S2. The van der Waals surface area contributed by atoms with E-state index in [1.807, 2.05) is 11.9 Å². The molecule has 1 aromatic rings. The number of carbonyl (C=O) groups is 1. The zero-order valence-corrected chi connectivity index (χ0v) is 18.1. The lowest BCUT2D eigenvalue weighted by molar-refractivity contribution is -0.146. The van der Waals surface area contributed by atoms with E-state index in [0.717, 1.165) is 0 Å². The van der Waals surface area contributed by atoms with Crippen molar-refractivity contribution in [3.8, 4) is 0 Å². The van der Waals surface area contributed by atoms with Gasteiger partial charge in [0.2, 0.25) is 10.0 Å². The van der Waals surface area contributed by atoms with Crippen LogP contribution in [0.5, 0.6) is 0 Å². The van der Waals surface area contributed by atoms with Gasteiger partial charge in [-0.2, -0.15) is 4.72 Å². The van der Waals surface area contributed by atoms with Crippen molar-refractivity contribution in [1.82, 2.24) is 9.62 Å². The van der Waals surface area contributed by atoms with Crippen LogP contribution < -0.4 is 4.72 Å². The number of carboxylic acids is 1.